The Morgan fingerprint density at radius 2 is 2.00 bits per heavy atom. The second-order valence-corrected chi connectivity index (χ2v) is 6.00. The van der Waals surface area contributed by atoms with Crippen molar-refractivity contribution in [1.82, 2.24) is 5.32 Å². The summed E-state index contributed by atoms with van der Waals surface area (Å²) in [6.45, 7) is 8.26. The number of carbonyl (C=O) groups is 1. The molecule has 0 aliphatic heterocycles. The minimum absolute atomic E-state index is 0.0856. The molecule has 0 radical (unpaired) electrons. The van der Waals surface area contributed by atoms with Crippen molar-refractivity contribution in [2.24, 2.45) is 5.41 Å². The van der Waals surface area contributed by atoms with Crippen LogP contribution in [0.3, 0.4) is 0 Å². The van der Waals surface area contributed by atoms with Gasteiger partial charge in [0.15, 0.2) is 11.5 Å². The molecule has 0 aromatic heterocycles. The number of hydrogen-bond acceptors (Lipinski definition) is 4. The Morgan fingerprint density at radius 1 is 1.33 bits per heavy atom. The van der Waals surface area contributed by atoms with Crippen LogP contribution in [-0.4, -0.2) is 30.8 Å². The van der Waals surface area contributed by atoms with E-state index in [9.17, 15) is 4.79 Å². The number of benzene rings is 1. The summed E-state index contributed by atoms with van der Waals surface area (Å²) in [6.07, 6.45) is 0. The monoisotopic (exact) mass is 295 g/mol. The average molecular weight is 295 g/mol. The molecule has 118 valence electrons. The fourth-order valence-electron chi connectivity index (χ4n) is 1.58. The minimum atomic E-state index is -0.942. The van der Waals surface area contributed by atoms with Gasteiger partial charge < -0.3 is 19.9 Å². The number of nitrogens with one attached hydrogen (secondary N) is 1. The van der Waals surface area contributed by atoms with Crippen LogP contribution in [0, 0.1) is 5.41 Å². The zero-order valence-corrected chi connectivity index (χ0v) is 13.4. The van der Waals surface area contributed by atoms with Gasteiger partial charge in [-0.2, -0.15) is 0 Å². The molecule has 5 heteroatoms. The molecule has 0 aliphatic rings. The van der Waals surface area contributed by atoms with Crippen molar-refractivity contribution < 1.29 is 19.4 Å². The van der Waals surface area contributed by atoms with Crippen molar-refractivity contribution >= 4 is 5.97 Å². The van der Waals surface area contributed by atoms with Crippen molar-refractivity contribution in [3.8, 4) is 11.5 Å². The summed E-state index contributed by atoms with van der Waals surface area (Å²) in [7, 11) is 1.57. The SMILES string of the molecule is COc1cc(CNC(C)C)ccc1OCC(C)(C)C(=O)O. The highest BCUT2D eigenvalue weighted by molar-refractivity contribution is 5.73. The van der Waals surface area contributed by atoms with Crippen molar-refractivity contribution in [3.63, 3.8) is 0 Å². The third-order valence-corrected chi connectivity index (χ3v) is 3.11. The third-order valence-electron chi connectivity index (χ3n) is 3.11. The van der Waals surface area contributed by atoms with Crippen LogP contribution in [0.5, 0.6) is 11.5 Å². The van der Waals surface area contributed by atoms with E-state index in [2.05, 4.69) is 19.2 Å². The lowest BCUT2D eigenvalue weighted by Gasteiger charge is -2.21. The molecule has 0 saturated carbocycles. The Balaban J connectivity index is 2.77. The lowest BCUT2D eigenvalue weighted by atomic mass is 9.95. The molecule has 0 atom stereocenters. The molecule has 5 nitrogen and oxygen atoms in total. The fraction of sp³-hybridized carbons (Fsp3) is 0.562. The molecule has 21 heavy (non-hydrogen) atoms. The number of ether oxygens (including phenoxy) is 2. The quantitative estimate of drug-likeness (QED) is 0.772. The van der Waals surface area contributed by atoms with Gasteiger partial charge in [0, 0.05) is 12.6 Å². The normalized spacial score (nSPS) is 11.5. The number of aliphatic carboxylic acids is 1. The summed E-state index contributed by atoms with van der Waals surface area (Å²) >= 11 is 0. The highest BCUT2D eigenvalue weighted by Crippen LogP contribution is 2.30. The van der Waals surface area contributed by atoms with E-state index >= 15 is 0 Å². The number of carboxylic acid groups (broad SMARTS) is 1. The number of carboxylic acids is 1. The van der Waals surface area contributed by atoms with Gasteiger partial charge in [-0.3, -0.25) is 4.79 Å². The zero-order valence-electron chi connectivity index (χ0n) is 13.4. The molecule has 0 amide bonds. The molecular weight excluding hydrogens is 270 g/mol. The first-order valence-corrected chi connectivity index (χ1v) is 7.02. The minimum Gasteiger partial charge on any atom is -0.493 e. The van der Waals surface area contributed by atoms with Gasteiger partial charge in [-0.1, -0.05) is 19.9 Å². The first kappa shape index (κ1) is 17.3. The van der Waals surface area contributed by atoms with Crippen LogP contribution in [0.4, 0.5) is 0 Å². The highest BCUT2D eigenvalue weighted by Gasteiger charge is 2.28. The van der Waals surface area contributed by atoms with Crippen molar-refractivity contribution in [2.75, 3.05) is 13.7 Å². The highest BCUT2D eigenvalue weighted by atomic mass is 16.5. The van der Waals surface area contributed by atoms with Gasteiger partial charge >= 0.3 is 5.97 Å². The fourth-order valence-corrected chi connectivity index (χ4v) is 1.58. The van der Waals surface area contributed by atoms with E-state index < -0.39 is 11.4 Å². The third kappa shape index (κ3) is 5.27. The molecular formula is C16H25NO4. The Labute approximate surface area is 126 Å². The van der Waals surface area contributed by atoms with Crippen LogP contribution in [0.2, 0.25) is 0 Å². The van der Waals surface area contributed by atoms with Crippen LogP contribution in [0.25, 0.3) is 0 Å². The maximum absolute atomic E-state index is 11.1. The van der Waals surface area contributed by atoms with Gasteiger partial charge in [-0.25, -0.2) is 0 Å². The van der Waals surface area contributed by atoms with Crippen LogP contribution in [0.15, 0.2) is 18.2 Å². The first-order valence-electron chi connectivity index (χ1n) is 7.02. The number of hydrogen-bond donors (Lipinski definition) is 2. The molecule has 0 bridgehead atoms. The number of methoxy groups -OCH3 is 1. The van der Waals surface area contributed by atoms with E-state index in [0.29, 0.717) is 17.5 Å². The predicted molar refractivity (Wildman–Crippen MR) is 81.9 cm³/mol. The summed E-state index contributed by atoms with van der Waals surface area (Å²) in [6, 6.07) is 6.07. The second kappa shape index (κ2) is 7.31. The maximum atomic E-state index is 11.1. The van der Waals surface area contributed by atoms with E-state index in [-0.39, 0.29) is 6.61 Å². The van der Waals surface area contributed by atoms with Crippen LogP contribution in [-0.2, 0) is 11.3 Å². The topological polar surface area (TPSA) is 67.8 Å². The molecule has 0 fully saturated rings. The molecule has 1 aromatic carbocycles. The van der Waals surface area contributed by atoms with Crippen LogP contribution < -0.4 is 14.8 Å². The summed E-state index contributed by atoms with van der Waals surface area (Å²) in [5.41, 5.74) is 0.147. The Kier molecular flexibility index (Phi) is 6.03. The standard InChI is InChI=1S/C16H25NO4/c1-11(2)17-9-12-6-7-13(14(8-12)20-5)21-10-16(3,4)15(18)19/h6-8,11,17H,9-10H2,1-5H3,(H,18,19). The molecule has 0 unspecified atom stereocenters. The van der Waals surface area contributed by atoms with E-state index in [0.717, 1.165) is 12.1 Å². The van der Waals surface area contributed by atoms with E-state index in [1.54, 1.807) is 21.0 Å². The molecule has 0 saturated heterocycles. The summed E-state index contributed by atoms with van der Waals surface area (Å²) in [4.78, 5) is 11.1. The zero-order chi connectivity index (χ0) is 16.0. The molecule has 0 aliphatic carbocycles. The molecule has 0 heterocycles. The molecule has 1 aromatic rings. The lowest BCUT2D eigenvalue weighted by Crippen LogP contribution is -2.30. The van der Waals surface area contributed by atoms with Gasteiger partial charge in [0.1, 0.15) is 6.61 Å². The summed E-state index contributed by atoms with van der Waals surface area (Å²) in [5.74, 6) is 0.276. The Hall–Kier alpha value is -1.75. The Bertz CT molecular complexity index is 483. The van der Waals surface area contributed by atoms with Gasteiger partial charge in [-0.05, 0) is 31.5 Å². The average Bonchev–Trinajstić information content (AvgIpc) is 2.43. The molecule has 1 rings (SSSR count). The number of rotatable bonds is 8. The maximum Gasteiger partial charge on any atom is 0.312 e. The van der Waals surface area contributed by atoms with Crippen molar-refractivity contribution in [1.29, 1.82) is 0 Å². The lowest BCUT2D eigenvalue weighted by molar-refractivity contribution is -0.148. The van der Waals surface area contributed by atoms with Gasteiger partial charge in [0.25, 0.3) is 0 Å². The van der Waals surface area contributed by atoms with Crippen molar-refractivity contribution in [3.05, 3.63) is 23.8 Å². The molecule has 2 N–H and O–H groups in total. The summed E-state index contributed by atoms with van der Waals surface area (Å²) in [5, 5.41) is 12.4. The van der Waals surface area contributed by atoms with Crippen LogP contribution in [0.1, 0.15) is 33.3 Å². The Morgan fingerprint density at radius 3 is 2.52 bits per heavy atom. The second-order valence-electron chi connectivity index (χ2n) is 6.00. The van der Waals surface area contributed by atoms with E-state index in [1.165, 1.54) is 0 Å². The smallest absolute Gasteiger partial charge is 0.312 e. The largest absolute Gasteiger partial charge is 0.493 e. The molecule has 0 spiro atoms. The first-order chi connectivity index (χ1) is 9.76. The van der Waals surface area contributed by atoms with Crippen molar-refractivity contribution in [2.45, 2.75) is 40.3 Å². The van der Waals surface area contributed by atoms with Crippen LogP contribution >= 0.6 is 0 Å². The summed E-state index contributed by atoms with van der Waals surface area (Å²) < 4.78 is 10.9. The van der Waals surface area contributed by atoms with E-state index in [4.69, 9.17) is 14.6 Å². The van der Waals surface area contributed by atoms with Gasteiger partial charge in [0.05, 0.1) is 12.5 Å². The van der Waals surface area contributed by atoms with Gasteiger partial charge in [-0.15, -0.1) is 0 Å². The van der Waals surface area contributed by atoms with Gasteiger partial charge in [0.2, 0.25) is 0 Å². The van der Waals surface area contributed by atoms with E-state index in [1.807, 2.05) is 18.2 Å². The predicted octanol–water partition coefficient (Wildman–Crippen LogP) is 2.68.